The molecule has 0 aromatic heterocycles. The van der Waals surface area contributed by atoms with E-state index < -0.39 is 10.0 Å². The molecule has 1 saturated heterocycles. The lowest BCUT2D eigenvalue weighted by Crippen LogP contribution is -2.50. The Bertz CT molecular complexity index is 583. The van der Waals surface area contributed by atoms with Crippen molar-refractivity contribution in [1.82, 2.24) is 9.21 Å². The van der Waals surface area contributed by atoms with Gasteiger partial charge in [-0.15, -0.1) is 0 Å². The normalized spacial score (nSPS) is 18.4. The number of nitrogens with zero attached hydrogens (tertiary/aromatic N) is 2. The quantitative estimate of drug-likeness (QED) is 0.850. The van der Waals surface area contributed by atoms with Gasteiger partial charge in [-0.05, 0) is 29.7 Å². The molecule has 0 atom stereocenters. The smallest absolute Gasteiger partial charge is 0.243 e. The van der Waals surface area contributed by atoms with Crippen LogP contribution in [0.25, 0.3) is 0 Å². The molecular formula is C16H26N2O3S. The molecule has 1 aliphatic rings. The highest BCUT2D eigenvalue weighted by atomic mass is 32.2. The minimum Gasteiger partial charge on any atom is -0.497 e. The first-order valence-electron chi connectivity index (χ1n) is 7.59. The highest BCUT2D eigenvalue weighted by Gasteiger charge is 2.29. The lowest BCUT2D eigenvalue weighted by atomic mass is 9.96. The van der Waals surface area contributed by atoms with Gasteiger partial charge in [-0.3, -0.25) is 0 Å². The molecule has 1 heterocycles. The SMILES string of the molecule is COc1ccc(S(=O)(=O)N2CCN(CC(C)(C)C)CC2)cc1. The van der Waals surface area contributed by atoms with Crippen LogP contribution in [0.5, 0.6) is 5.75 Å². The Kier molecular flexibility index (Phi) is 5.14. The van der Waals surface area contributed by atoms with E-state index in [0.29, 0.717) is 23.7 Å². The van der Waals surface area contributed by atoms with Gasteiger partial charge in [-0.2, -0.15) is 4.31 Å². The van der Waals surface area contributed by atoms with Crippen LogP contribution >= 0.6 is 0 Å². The zero-order valence-corrected chi connectivity index (χ0v) is 14.7. The first kappa shape index (κ1) is 17.2. The molecule has 0 bridgehead atoms. The van der Waals surface area contributed by atoms with E-state index in [1.807, 2.05) is 0 Å². The maximum absolute atomic E-state index is 12.6. The topological polar surface area (TPSA) is 49.9 Å². The van der Waals surface area contributed by atoms with Crippen LogP contribution in [0.15, 0.2) is 29.2 Å². The molecule has 2 rings (SSSR count). The number of hydrogen-bond donors (Lipinski definition) is 0. The minimum atomic E-state index is -3.40. The molecule has 22 heavy (non-hydrogen) atoms. The van der Waals surface area contributed by atoms with Crippen LogP contribution in [0.1, 0.15) is 20.8 Å². The summed E-state index contributed by atoms with van der Waals surface area (Å²) in [7, 11) is -1.84. The van der Waals surface area contributed by atoms with E-state index in [1.54, 1.807) is 35.7 Å². The molecule has 0 spiro atoms. The van der Waals surface area contributed by atoms with Crippen molar-refractivity contribution in [2.24, 2.45) is 5.41 Å². The molecule has 0 radical (unpaired) electrons. The van der Waals surface area contributed by atoms with Crippen LogP contribution in [0.4, 0.5) is 0 Å². The monoisotopic (exact) mass is 326 g/mol. The first-order chi connectivity index (χ1) is 10.2. The summed E-state index contributed by atoms with van der Waals surface area (Å²) >= 11 is 0. The summed E-state index contributed by atoms with van der Waals surface area (Å²) in [6.45, 7) is 10.3. The number of ether oxygens (including phenoxy) is 1. The predicted molar refractivity (Wildman–Crippen MR) is 87.6 cm³/mol. The third-order valence-electron chi connectivity index (χ3n) is 3.73. The fraction of sp³-hybridized carbons (Fsp3) is 0.625. The largest absolute Gasteiger partial charge is 0.497 e. The molecule has 0 aliphatic carbocycles. The van der Waals surface area contributed by atoms with E-state index in [-0.39, 0.29) is 5.41 Å². The van der Waals surface area contributed by atoms with Crippen LogP contribution in [-0.4, -0.2) is 57.5 Å². The number of methoxy groups -OCH3 is 1. The van der Waals surface area contributed by atoms with Gasteiger partial charge in [-0.25, -0.2) is 8.42 Å². The van der Waals surface area contributed by atoms with Crippen molar-refractivity contribution in [2.75, 3.05) is 39.8 Å². The van der Waals surface area contributed by atoms with Gasteiger partial charge in [0.15, 0.2) is 0 Å². The third-order valence-corrected chi connectivity index (χ3v) is 5.64. The molecule has 1 fully saturated rings. The average Bonchev–Trinajstić information content (AvgIpc) is 2.46. The summed E-state index contributed by atoms with van der Waals surface area (Å²) in [6, 6.07) is 6.58. The van der Waals surface area contributed by atoms with Gasteiger partial charge in [0.25, 0.3) is 0 Å². The summed E-state index contributed by atoms with van der Waals surface area (Å²) < 4.78 is 31.9. The van der Waals surface area contributed by atoms with Crippen LogP contribution in [0.2, 0.25) is 0 Å². The molecule has 0 amide bonds. The second-order valence-corrected chi connectivity index (χ2v) is 8.85. The van der Waals surface area contributed by atoms with Gasteiger partial charge in [0.2, 0.25) is 10.0 Å². The molecule has 1 aliphatic heterocycles. The summed E-state index contributed by atoms with van der Waals surface area (Å²) in [5, 5.41) is 0. The maximum Gasteiger partial charge on any atom is 0.243 e. The minimum absolute atomic E-state index is 0.233. The predicted octanol–water partition coefficient (Wildman–Crippen LogP) is 2.05. The highest BCUT2D eigenvalue weighted by molar-refractivity contribution is 7.89. The number of sulfonamides is 1. The van der Waals surface area contributed by atoms with Gasteiger partial charge in [-0.1, -0.05) is 20.8 Å². The highest BCUT2D eigenvalue weighted by Crippen LogP contribution is 2.22. The Hall–Kier alpha value is -1.11. The Morgan fingerprint density at radius 3 is 2.05 bits per heavy atom. The van der Waals surface area contributed by atoms with Crippen molar-refractivity contribution in [3.63, 3.8) is 0 Å². The van der Waals surface area contributed by atoms with Crippen LogP contribution in [0, 0.1) is 5.41 Å². The number of hydrogen-bond acceptors (Lipinski definition) is 4. The van der Waals surface area contributed by atoms with E-state index >= 15 is 0 Å². The summed E-state index contributed by atoms with van der Waals surface area (Å²) in [6.07, 6.45) is 0. The Labute approximate surface area is 133 Å². The Morgan fingerprint density at radius 1 is 1.05 bits per heavy atom. The molecule has 6 heteroatoms. The van der Waals surface area contributed by atoms with E-state index in [4.69, 9.17) is 4.74 Å². The molecule has 0 N–H and O–H groups in total. The fourth-order valence-electron chi connectivity index (χ4n) is 2.70. The van der Waals surface area contributed by atoms with Crippen LogP contribution in [0.3, 0.4) is 0 Å². The Morgan fingerprint density at radius 2 is 1.59 bits per heavy atom. The van der Waals surface area contributed by atoms with Crippen molar-refractivity contribution in [3.05, 3.63) is 24.3 Å². The zero-order valence-electron chi connectivity index (χ0n) is 13.9. The van der Waals surface area contributed by atoms with Gasteiger partial charge < -0.3 is 9.64 Å². The van der Waals surface area contributed by atoms with Crippen molar-refractivity contribution in [2.45, 2.75) is 25.7 Å². The van der Waals surface area contributed by atoms with E-state index in [9.17, 15) is 8.42 Å². The van der Waals surface area contributed by atoms with Crippen LogP contribution in [-0.2, 0) is 10.0 Å². The second-order valence-electron chi connectivity index (χ2n) is 6.92. The summed E-state index contributed by atoms with van der Waals surface area (Å²) in [5.41, 5.74) is 0.233. The molecule has 1 aromatic carbocycles. The average molecular weight is 326 g/mol. The first-order valence-corrected chi connectivity index (χ1v) is 9.03. The molecule has 1 aromatic rings. The lowest BCUT2D eigenvalue weighted by Gasteiger charge is -2.37. The third kappa shape index (κ3) is 4.21. The molecule has 124 valence electrons. The van der Waals surface area contributed by atoms with Crippen molar-refractivity contribution in [1.29, 1.82) is 0 Å². The maximum atomic E-state index is 12.6. The van der Waals surface area contributed by atoms with Gasteiger partial charge in [0.05, 0.1) is 12.0 Å². The van der Waals surface area contributed by atoms with Gasteiger partial charge in [0, 0.05) is 32.7 Å². The van der Waals surface area contributed by atoms with E-state index in [0.717, 1.165) is 19.6 Å². The number of benzene rings is 1. The van der Waals surface area contributed by atoms with Crippen molar-refractivity contribution < 1.29 is 13.2 Å². The van der Waals surface area contributed by atoms with E-state index in [1.165, 1.54) is 0 Å². The zero-order chi connectivity index (χ0) is 16.4. The van der Waals surface area contributed by atoms with E-state index in [2.05, 4.69) is 25.7 Å². The standard InChI is InChI=1S/C16H26N2O3S/c1-16(2,3)13-17-9-11-18(12-10-17)22(19,20)15-7-5-14(21-4)6-8-15/h5-8H,9-13H2,1-4H3. The van der Waals surface area contributed by atoms with Crippen molar-refractivity contribution >= 4 is 10.0 Å². The Balaban J connectivity index is 2.02. The second kappa shape index (κ2) is 6.56. The lowest BCUT2D eigenvalue weighted by molar-refractivity contribution is 0.141. The molecule has 5 nitrogen and oxygen atoms in total. The number of piperazine rings is 1. The molecular weight excluding hydrogens is 300 g/mol. The number of rotatable bonds is 4. The molecule has 0 unspecified atom stereocenters. The van der Waals surface area contributed by atoms with Crippen molar-refractivity contribution in [3.8, 4) is 5.75 Å². The molecule has 0 saturated carbocycles. The van der Waals surface area contributed by atoms with Crippen LogP contribution < -0.4 is 4.74 Å². The summed E-state index contributed by atoms with van der Waals surface area (Å²) in [5.74, 6) is 0.661. The van der Waals surface area contributed by atoms with Gasteiger partial charge in [0.1, 0.15) is 5.75 Å². The fourth-order valence-corrected chi connectivity index (χ4v) is 4.12. The van der Waals surface area contributed by atoms with Gasteiger partial charge >= 0.3 is 0 Å². The summed E-state index contributed by atoms with van der Waals surface area (Å²) in [4.78, 5) is 2.66.